The number of carbonyl (C=O) groups excluding carboxylic acids is 1. The Morgan fingerprint density at radius 3 is 2.75 bits per heavy atom. The fourth-order valence-electron chi connectivity index (χ4n) is 2.87. The first-order valence-electron chi connectivity index (χ1n) is 8.41. The Bertz CT molecular complexity index is 1040. The fourth-order valence-corrected chi connectivity index (χ4v) is 2.87. The van der Waals surface area contributed by atoms with Crippen molar-refractivity contribution in [3.8, 4) is 0 Å². The van der Waals surface area contributed by atoms with E-state index in [1.807, 2.05) is 0 Å². The van der Waals surface area contributed by atoms with Gasteiger partial charge in [-0.1, -0.05) is 12.1 Å². The second-order valence-corrected chi connectivity index (χ2v) is 6.28. The highest BCUT2D eigenvalue weighted by atomic mass is 19.1. The van der Waals surface area contributed by atoms with Crippen LogP contribution in [0.25, 0.3) is 0 Å². The van der Waals surface area contributed by atoms with E-state index in [0.29, 0.717) is 12.1 Å². The van der Waals surface area contributed by atoms with E-state index in [0.717, 1.165) is 0 Å². The predicted molar refractivity (Wildman–Crippen MR) is 97.2 cm³/mol. The molecule has 3 rings (SSSR count). The fraction of sp³-hybridized carbons (Fsp3) is 0.294. The number of benzene rings is 1. The van der Waals surface area contributed by atoms with Gasteiger partial charge in [-0.3, -0.25) is 24.9 Å². The number of nitrogens with zero attached hydrogens (tertiary/aromatic N) is 6. The van der Waals surface area contributed by atoms with Crippen molar-refractivity contribution in [2.45, 2.75) is 33.4 Å². The summed E-state index contributed by atoms with van der Waals surface area (Å²) >= 11 is 0. The van der Waals surface area contributed by atoms with Crippen LogP contribution in [-0.2, 0) is 11.3 Å². The van der Waals surface area contributed by atoms with Gasteiger partial charge in [0.25, 0.3) is 5.91 Å². The third-order valence-corrected chi connectivity index (χ3v) is 4.22. The standard InChI is InChI=1S/C17H18FN7O3/c1-10-15(25(27)28)11(2)24(21-10)12(3)16(26)20-17-19-9-23(22-17)8-13-5-4-6-14(18)7-13/h4-7,9,12H,8H2,1-3H3,(H,20,22,26). The van der Waals surface area contributed by atoms with Crippen molar-refractivity contribution < 1.29 is 14.1 Å². The predicted octanol–water partition coefficient (Wildman–Crippen LogP) is 2.39. The Hall–Kier alpha value is -3.63. The van der Waals surface area contributed by atoms with E-state index in [1.165, 1.54) is 41.7 Å². The van der Waals surface area contributed by atoms with Crippen molar-refractivity contribution in [2.75, 3.05) is 5.32 Å². The van der Waals surface area contributed by atoms with Crippen LogP contribution >= 0.6 is 0 Å². The van der Waals surface area contributed by atoms with E-state index in [9.17, 15) is 19.3 Å². The number of hydrogen-bond acceptors (Lipinski definition) is 6. The van der Waals surface area contributed by atoms with Gasteiger partial charge in [0.1, 0.15) is 29.6 Å². The van der Waals surface area contributed by atoms with Crippen LogP contribution in [0.1, 0.15) is 29.9 Å². The highest BCUT2D eigenvalue weighted by molar-refractivity contribution is 5.91. The van der Waals surface area contributed by atoms with Gasteiger partial charge in [-0.2, -0.15) is 5.10 Å². The van der Waals surface area contributed by atoms with Crippen molar-refractivity contribution in [1.29, 1.82) is 0 Å². The van der Waals surface area contributed by atoms with E-state index in [-0.39, 0.29) is 28.8 Å². The summed E-state index contributed by atoms with van der Waals surface area (Å²) in [5.41, 5.74) is 1.11. The van der Waals surface area contributed by atoms with Gasteiger partial charge >= 0.3 is 5.69 Å². The molecule has 2 heterocycles. The Labute approximate surface area is 159 Å². The number of hydrogen-bond donors (Lipinski definition) is 1. The Balaban J connectivity index is 1.71. The number of nitrogens with one attached hydrogen (secondary N) is 1. The Morgan fingerprint density at radius 1 is 1.36 bits per heavy atom. The van der Waals surface area contributed by atoms with Crippen LogP contribution in [0.3, 0.4) is 0 Å². The molecular weight excluding hydrogens is 369 g/mol. The van der Waals surface area contributed by atoms with Crippen molar-refractivity contribution in [1.82, 2.24) is 24.5 Å². The summed E-state index contributed by atoms with van der Waals surface area (Å²) in [6.45, 7) is 4.91. The molecular formula is C17H18FN7O3. The zero-order valence-corrected chi connectivity index (χ0v) is 15.5. The molecule has 11 heteroatoms. The second-order valence-electron chi connectivity index (χ2n) is 6.28. The topological polar surface area (TPSA) is 121 Å². The highest BCUT2D eigenvalue weighted by Gasteiger charge is 2.27. The lowest BCUT2D eigenvalue weighted by atomic mass is 10.2. The molecule has 1 N–H and O–H groups in total. The lowest BCUT2D eigenvalue weighted by Crippen LogP contribution is -2.26. The summed E-state index contributed by atoms with van der Waals surface area (Å²) in [4.78, 5) is 27.1. The second kappa shape index (κ2) is 7.55. The number of aryl methyl sites for hydroxylation is 1. The van der Waals surface area contributed by atoms with E-state index >= 15 is 0 Å². The largest absolute Gasteiger partial charge is 0.312 e. The zero-order valence-electron chi connectivity index (χ0n) is 15.5. The van der Waals surface area contributed by atoms with E-state index in [1.54, 1.807) is 19.1 Å². The van der Waals surface area contributed by atoms with Crippen molar-refractivity contribution in [3.63, 3.8) is 0 Å². The van der Waals surface area contributed by atoms with Gasteiger partial charge in [-0.25, -0.2) is 14.1 Å². The van der Waals surface area contributed by atoms with Gasteiger partial charge in [0.05, 0.1) is 11.5 Å². The van der Waals surface area contributed by atoms with Gasteiger partial charge in [-0.05, 0) is 38.5 Å². The lowest BCUT2D eigenvalue weighted by Gasteiger charge is -2.12. The average molecular weight is 387 g/mol. The summed E-state index contributed by atoms with van der Waals surface area (Å²) in [7, 11) is 0. The number of aromatic nitrogens is 5. The number of halogens is 1. The van der Waals surface area contributed by atoms with Gasteiger partial charge in [-0.15, -0.1) is 5.10 Å². The van der Waals surface area contributed by atoms with Crippen LogP contribution in [0.2, 0.25) is 0 Å². The van der Waals surface area contributed by atoms with Crippen LogP contribution in [0.5, 0.6) is 0 Å². The summed E-state index contributed by atoms with van der Waals surface area (Å²) in [6.07, 6.45) is 1.42. The number of nitro groups is 1. The van der Waals surface area contributed by atoms with Gasteiger partial charge in [0.2, 0.25) is 5.95 Å². The first kappa shape index (κ1) is 19.1. The Kier molecular flexibility index (Phi) is 5.16. The first-order chi connectivity index (χ1) is 13.3. The molecule has 3 aromatic rings. The van der Waals surface area contributed by atoms with E-state index < -0.39 is 16.9 Å². The summed E-state index contributed by atoms with van der Waals surface area (Å²) in [6, 6.07) is 5.28. The molecule has 28 heavy (non-hydrogen) atoms. The summed E-state index contributed by atoms with van der Waals surface area (Å²) in [5, 5.41) is 21.9. The maximum atomic E-state index is 13.3. The molecule has 0 radical (unpaired) electrons. The summed E-state index contributed by atoms with van der Waals surface area (Å²) in [5.74, 6) is -0.743. The minimum Gasteiger partial charge on any atom is -0.291 e. The molecule has 146 valence electrons. The zero-order chi connectivity index (χ0) is 20.4. The molecule has 10 nitrogen and oxygen atoms in total. The van der Waals surface area contributed by atoms with Gasteiger partial charge in [0.15, 0.2) is 0 Å². The van der Waals surface area contributed by atoms with Gasteiger partial charge < -0.3 is 0 Å². The highest BCUT2D eigenvalue weighted by Crippen LogP contribution is 2.25. The van der Waals surface area contributed by atoms with Crippen molar-refractivity contribution >= 4 is 17.5 Å². The molecule has 1 unspecified atom stereocenters. The van der Waals surface area contributed by atoms with Gasteiger partial charge in [0, 0.05) is 0 Å². The SMILES string of the molecule is Cc1nn(C(C)C(=O)Nc2ncn(Cc3cccc(F)c3)n2)c(C)c1[N+](=O)[O-]. The quantitative estimate of drug-likeness (QED) is 0.512. The van der Waals surface area contributed by atoms with Crippen LogP contribution in [0.15, 0.2) is 30.6 Å². The van der Waals surface area contributed by atoms with Crippen LogP contribution in [0, 0.1) is 29.8 Å². The third-order valence-electron chi connectivity index (χ3n) is 4.22. The monoisotopic (exact) mass is 387 g/mol. The Morgan fingerprint density at radius 2 is 2.11 bits per heavy atom. The van der Waals surface area contributed by atoms with Crippen LogP contribution in [-0.4, -0.2) is 35.4 Å². The molecule has 0 fully saturated rings. The number of carbonyl (C=O) groups is 1. The first-order valence-corrected chi connectivity index (χ1v) is 8.41. The van der Waals surface area contributed by atoms with Crippen LogP contribution in [0.4, 0.5) is 16.0 Å². The molecule has 0 spiro atoms. The minimum absolute atomic E-state index is 0.0734. The summed E-state index contributed by atoms with van der Waals surface area (Å²) < 4.78 is 16.0. The van der Waals surface area contributed by atoms with Crippen LogP contribution < -0.4 is 5.32 Å². The molecule has 0 aliphatic heterocycles. The molecule has 0 saturated heterocycles. The molecule has 1 aromatic carbocycles. The van der Waals surface area contributed by atoms with Crippen molar-refractivity contribution in [3.05, 3.63) is 63.5 Å². The minimum atomic E-state index is -0.803. The maximum absolute atomic E-state index is 13.3. The van der Waals surface area contributed by atoms with E-state index in [2.05, 4.69) is 20.5 Å². The molecule has 0 aliphatic carbocycles. The average Bonchev–Trinajstić information content (AvgIpc) is 3.17. The third kappa shape index (κ3) is 3.87. The smallest absolute Gasteiger partial charge is 0.291 e. The normalized spacial score (nSPS) is 12.0. The molecule has 1 atom stereocenters. The molecule has 0 saturated carbocycles. The maximum Gasteiger partial charge on any atom is 0.312 e. The van der Waals surface area contributed by atoms with Crippen molar-refractivity contribution in [2.24, 2.45) is 0 Å². The molecule has 0 aliphatic rings. The number of rotatable bonds is 6. The number of anilines is 1. The molecule has 1 amide bonds. The van der Waals surface area contributed by atoms with E-state index in [4.69, 9.17) is 0 Å². The number of amides is 1. The molecule has 2 aromatic heterocycles. The molecule has 0 bridgehead atoms. The lowest BCUT2D eigenvalue weighted by molar-refractivity contribution is -0.386.